The third-order valence-electron chi connectivity index (χ3n) is 5.78. The van der Waals surface area contributed by atoms with Crippen molar-refractivity contribution in [2.75, 3.05) is 23.3 Å². The molecule has 3 aliphatic rings. The largest absolute Gasteiger partial charge is 0.490 e. The molecule has 3 aromatic rings. The number of nitrogens with zero attached hydrogens (tertiary/aromatic N) is 3. The van der Waals surface area contributed by atoms with E-state index in [4.69, 9.17) is 15.0 Å². The summed E-state index contributed by atoms with van der Waals surface area (Å²) in [5.41, 5.74) is 1.09. The van der Waals surface area contributed by atoms with Crippen LogP contribution in [-0.4, -0.2) is 57.9 Å². The van der Waals surface area contributed by atoms with Crippen LogP contribution in [0.5, 0.6) is 0 Å². The summed E-state index contributed by atoms with van der Waals surface area (Å²) in [6.07, 6.45) is -5.41. The Balaban J connectivity index is 0.000000364. The highest BCUT2D eigenvalue weighted by atomic mass is 32.1. The first-order valence-corrected chi connectivity index (χ1v) is 11.4. The lowest BCUT2D eigenvalue weighted by atomic mass is 9.93. The van der Waals surface area contributed by atoms with Crippen molar-refractivity contribution in [1.82, 2.24) is 14.9 Å². The summed E-state index contributed by atoms with van der Waals surface area (Å²) in [6, 6.07) is 8.26. The van der Waals surface area contributed by atoms with Gasteiger partial charge in [-0.05, 0) is 37.1 Å². The summed E-state index contributed by atoms with van der Waals surface area (Å²) in [5.74, 6) is -2.38. The third kappa shape index (κ3) is 5.37. The van der Waals surface area contributed by atoms with Crippen LogP contribution in [0.25, 0.3) is 5.52 Å². The average Bonchev–Trinajstić information content (AvgIpc) is 3.46. The predicted octanol–water partition coefficient (Wildman–Crippen LogP) is 4.16. The van der Waals surface area contributed by atoms with Gasteiger partial charge < -0.3 is 20.6 Å². The van der Waals surface area contributed by atoms with Crippen molar-refractivity contribution in [3.63, 3.8) is 0 Å². The fourth-order valence-corrected chi connectivity index (χ4v) is 4.83. The molecule has 14 heteroatoms. The van der Waals surface area contributed by atoms with E-state index in [9.17, 15) is 26.7 Å². The molecule has 2 unspecified atom stereocenters. The lowest BCUT2D eigenvalue weighted by Crippen LogP contribution is -2.61. The molecule has 0 spiro atoms. The highest BCUT2D eigenvalue weighted by Gasteiger charge is 2.38. The van der Waals surface area contributed by atoms with Gasteiger partial charge in [-0.25, -0.2) is 18.1 Å². The molecule has 3 fully saturated rings. The first-order chi connectivity index (χ1) is 16.5. The quantitative estimate of drug-likeness (QED) is 0.450. The summed E-state index contributed by atoms with van der Waals surface area (Å²) in [5, 5.41) is 20.8. The van der Waals surface area contributed by atoms with Crippen molar-refractivity contribution < 1.29 is 36.6 Å². The van der Waals surface area contributed by atoms with Crippen molar-refractivity contribution in [3.05, 3.63) is 46.3 Å². The number of aromatic nitrogens is 2. The van der Waals surface area contributed by atoms with Gasteiger partial charge in [0.25, 0.3) is 12.3 Å². The molecule has 6 rings (SSSR count). The Kier molecular flexibility index (Phi) is 6.94. The van der Waals surface area contributed by atoms with E-state index in [0.29, 0.717) is 17.8 Å². The van der Waals surface area contributed by atoms with Crippen LogP contribution in [0.4, 0.5) is 33.5 Å². The minimum absolute atomic E-state index is 0.149. The second kappa shape index (κ2) is 9.77. The Bertz CT molecular complexity index is 1220. The summed E-state index contributed by atoms with van der Waals surface area (Å²) in [4.78, 5) is 23.9. The van der Waals surface area contributed by atoms with Gasteiger partial charge >= 0.3 is 12.1 Å². The number of anilines is 2. The maximum absolute atomic E-state index is 13.1. The second-order valence-electron chi connectivity index (χ2n) is 8.03. The Morgan fingerprint density at radius 2 is 1.89 bits per heavy atom. The number of carboxylic acids is 1. The first kappa shape index (κ1) is 24.9. The number of nitrogens with one attached hydrogen (secondary N) is 2. The molecule has 1 amide bonds. The number of aliphatic carboxylic acids is 1. The summed E-state index contributed by atoms with van der Waals surface area (Å²) < 4.78 is 59.5. The Morgan fingerprint density at radius 3 is 2.46 bits per heavy atom. The maximum Gasteiger partial charge on any atom is 0.490 e. The van der Waals surface area contributed by atoms with Crippen LogP contribution in [-0.2, 0) is 4.79 Å². The number of piperazine rings is 1. The zero-order chi connectivity index (χ0) is 25.3. The van der Waals surface area contributed by atoms with Crippen molar-refractivity contribution >= 4 is 40.2 Å². The Morgan fingerprint density at radius 1 is 1.17 bits per heavy atom. The molecule has 6 heterocycles. The topological polar surface area (TPSA) is 99.0 Å². The molecule has 2 bridgehead atoms. The molecule has 3 saturated heterocycles. The lowest BCUT2D eigenvalue weighted by molar-refractivity contribution is -0.192. The van der Waals surface area contributed by atoms with E-state index in [-0.39, 0.29) is 11.3 Å². The van der Waals surface area contributed by atoms with Crippen molar-refractivity contribution in [2.24, 2.45) is 0 Å². The molecule has 0 saturated carbocycles. The van der Waals surface area contributed by atoms with Gasteiger partial charge in [0, 0.05) is 35.9 Å². The zero-order valence-corrected chi connectivity index (χ0v) is 18.7. The van der Waals surface area contributed by atoms with Crippen LogP contribution in [0.2, 0.25) is 0 Å². The maximum atomic E-state index is 13.1. The highest BCUT2D eigenvalue weighted by molar-refractivity contribution is 7.08. The highest BCUT2D eigenvalue weighted by Crippen LogP contribution is 2.31. The number of rotatable bonds is 4. The summed E-state index contributed by atoms with van der Waals surface area (Å²) in [6.45, 7) is 1.84. The number of carbonyl (C=O) groups excluding carboxylic acids is 1. The minimum atomic E-state index is -5.08. The zero-order valence-electron chi connectivity index (χ0n) is 17.9. The molecule has 8 nitrogen and oxygen atoms in total. The number of alkyl halides is 5. The Labute approximate surface area is 199 Å². The minimum Gasteiger partial charge on any atom is -0.475 e. The van der Waals surface area contributed by atoms with Crippen LogP contribution in [0.15, 0.2) is 35.0 Å². The van der Waals surface area contributed by atoms with Gasteiger partial charge in [-0.3, -0.25) is 4.79 Å². The van der Waals surface area contributed by atoms with E-state index in [1.807, 2.05) is 12.1 Å². The number of carbonyl (C=O) groups is 2. The fourth-order valence-electron chi connectivity index (χ4n) is 4.06. The number of hydrogen-bond acceptors (Lipinski definition) is 6. The molecule has 2 atom stereocenters. The van der Waals surface area contributed by atoms with Crippen LogP contribution in [0.3, 0.4) is 0 Å². The van der Waals surface area contributed by atoms with Crippen LogP contribution in [0, 0.1) is 0 Å². The predicted molar refractivity (Wildman–Crippen MR) is 118 cm³/mol. The molecule has 0 radical (unpaired) electrons. The first-order valence-electron chi connectivity index (χ1n) is 10.5. The van der Waals surface area contributed by atoms with E-state index < -0.39 is 24.5 Å². The molecule has 0 aliphatic carbocycles. The SMILES string of the molecule is O=C(Nc1cscc1C(F)F)c1ccc2ccc(N3CC4CCC3CN4)nn12.O=C(O)C(F)(F)F. The molecular weight excluding hydrogens is 497 g/mol. The van der Waals surface area contributed by atoms with Gasteiger partial charge in [0.05, 0.1) is 16.8 Å². The van der Waals surface area contributed by atoms with Gasteiger partial charge in [-0.15, -0.1) is 16.4 Å². The van der Waals surface area contributed by atoms with E-state index >= 15 is 0 Å². The second-order valence-corrected chi connectivity index (χ2v) is 8.78. The van der Waals surface area contributed by atoms with Gasteiger partial charge in [-0.2, -0.15) is 13.2 Å². The van der Waals surface area contributed by atoms with Crippen LogP contribution in [0.1, 0.15) is 35.3 Å². The number of halogens is 5. The molecule has 35 heavy (non-hydrogen) atoms. The van der Waals surface area contributed by atoms with E-state index in [0.717, 1.165) is 42.2 Å². The third-order valence-corrected chi connectivity index (χ3v) is 6.55. The van der Waals surface area contributed by atoms with E-state index in [2.05, 4.69) is 15.5 Å². The van der Waals surface area contributed by atoms with Crippen LogP contribution >= 0.6 is 11.3 Å². The van der Waals surface area contributed by atoms with Crippen LogP contribution < -0.4 is 15.5 Å². The molecule has 3 aromatic heterocycles. The standard InChI is InChI=1S/C19H19F2N5OS.C2HF3O2/c20-18(21)14-9-28-10-15(14)23-19(27)16-5-3-12-4-6-17(24-26(12)16)25-8-11-1-2-13(25)7-22-11;3-2(4,5)1(6)7/h3-6,9-11,13,18,22H,1-2,7-8H2,(H,23,27);(H,6,7). The Hall–Kier alpha value is -3.26. The number of fused-ring (bicyclic) bond motifs is 4. The normalized spacial score (nSPS) is 19.5. The lowest BCUT2D eigenvalue weighted by Gasteiger charge is -2.46. The smallest absolute Gasteiger partial charge is 0.475 e. The number of thiophene rings is 1. The van der Waals surface area contributed by atoms with Gasteiger partial charge in [-0.1, -0.05) is 0 Å². The number of amides is 1. The van der Waals surface area contributed by atoms with E-state index in [1.54, 1.807) is 16.6 Å². The van der Waals surface area contributed by atoms with Gasteiger partial charge in [0.15, 0.2) is 0 Å². The van der Waals surface area contributed by atoms with Crippen molar-refractivity contribution in [2.45, 2.75) is 37.5 Å². The average molecular weight is 517 g/mol. The number of piperidine rings is 2. The molecular formula is C21H20F5N5O3S. The van der Waals surface area contributed by atoms with Gasteiger partial charge in [0.1, 0.15) is 11.5 Å². The number of carboxylic acid groups (broad SMARTS) is 1. The van der Waals surface area contributed by atoms with Gasteiger partial charge in [0.2, 0.25) is 0 Å². The molecule has 3 N–H and O–H groups in total. The van der Waals surface area contributed by atoms with E-state index in [1.165, 1.54) is 17.2 Å². The monoisotopic (exact) mass is 517 g/mol. The molecule has 0 aromatic carbocycles. The summed E-state index contributed by atoms with van der Waals surface area (Å²) in [7, 11) is 0. The summed E-state index contributed by atoms with van der Waals surface area (Å²) >= 11 is 1.14. The number of hydrogen-bond donors (Lipinski definition) is 3. The fraction of sp³-hybridized carbons (Fsp3) is 0.381. The molecule has 188 valence electrons. The van der Waals surface area contributed by atoms with Crippen molar-refractivity contribution in [1.29, 1.82) is 0 Å². The molecule has 3 aliphatic heterocycles. The van der Waals surface area contributed by atoms with Crippen molar-refractivity contribution in [3.8, 4) is 0 Å².